The number of allylic oxidation sites excluding steroid dienone is 4. The molecule has 2 unspecified atom stereocenters. The van der Waals surface area contributed by atoms with E-state index in [0.717, 1.165) is 44.9 Å². The number of likely N-dealkylation sites (N-methyl/N-ethyl adjacent to an activating group) is 1. The smallest absolute Gasteiger partial charge is 0.362 e. The Morgan fingerprint density at radius 1 is 0.775 bits per heavy atom. The lowest BCUT2D eigenvalue weighted by molar-refractivity contribution is -0.887. The van der Waals surface area contributed by atoms with Crippen LogP contribution in [0, 0.1) is 0 Å². The van der Waals surface area contributed by atoms with Crippen molar-refractivity contribution in [3.8, 4) is 0 Å². The van der Waals surface area contributed by atoms with E-state index in [1.54, 1.807) is 0 Å². The lowest BCUT2D eigenvalue weighted by Gasteiger charge is -2.31. The van der Waals surface area contributed by atoms with Crippen molar-refractivity contribution in [2.45, 2.75) is 122 Å². The fraction of sp³-hybridized carbons (Fsp3) is 0.781. The van der Waals surface area contributed by atoms with Gasteiger partial charge in [0, 0.05) is 19.3 Å². The molecule has 0 aromatic carbocycles. The number of ether oxygens (including phenoxy) is 3. The molecule has 0 fully saturated rings. The van der Waals surface area contributed by atoms with Gasteiger partial charge >= 0.3 is 17.9 Å². The van der Waals surface area contributed by atoms with E-state index in [-0.39, 0.29) is 42.7 Å². The fourth-order valence-electron chi connectivity index (χ4n) is 4.18. The molecule has 0 saturated carbocycles. The lowest BCUT2D eigenvalue weighted by atomic mass is 10.1. The van der Waals surface area contributed by atoms with Crippen LogP contribution in [0.15, 0.2) is 24.3 Å². The van der Waals surface area contributed by atoms with E-state index in [1.807, 2.05) is 21.1 Å². The second kappa shape index (κ2) is 24.6. The second-order valence-corrected chi connectivity index (χ2v) is 11.3. The highest BCUT2D eigenvalue weighted by atomic mass is 16.6. The van der Waals surface area contributed by atoms with Gasteiger partial charge in [-0.3, -0.25) is 9.59 Å². The first-order valence-electron chi connectivity index (χ1n) is 15.4. The van der Waals surface area contributed by atoms with E-state index < -0.39 is 18.1 Å². The Bertz CT molecular complexity index is 727. The highest BCUT2D eigenvalue weighted by Crippen LogP contribution is 2.11. The topological polar surface area (TPSA) is 99.1 Å². The quantitative estimate of drug-likeness (QED) is 0.0542. The third kappa shape index (κ3) is 22.6. The molecule has 232 valence electrons. The largest absolute Gasteiger partial charge is 0.477 e. The second-order valence-electron chi connectivity index (χ2n) is 11.3. The number of hydrogen-bond acceptors (Lipinski definition) is 6. The Morgan fingerprint density at radius 2 is 1.40 bits per heavy atom. The molecule has 1 N–H and O–H groups in total. The van der Waals surface area contributed by atoms with Crippen LogP contribution < -0.4 is 0 Å². The average molecular weight is 569 g/mol. The molecule has 0 aliphatic heterocycles. The van der Waals surface area contributed by atoms with Gasteiger partial charge in [0.15, 0.2) is 12.1 Å². The molecule has 0 radical (unpaired) electrons. The van der Waals surface area contributed by atoms with Crippen molar-refractivity contribution in [2.24, 2.45) is 0 Å². The first-order chi connectivity index (χ1) is 19.1. The number of unbranched alkanes of at least 4 members (excludes halogenated alkanes) is 8. The summed E-state index contributed by atoms with van der Waals surface area (Å²) >= 11 is 0. The zero-order chi connectivity index (χ0) is 30.1. The van der Waals surface area contributed by atoms with Gasteiger partial charge in [-0.15, -0.1) is 0 Å². The number of quaternary nitrogens is 1. The van der Waals surface area contributed by atoms with E-state index in [1.165, 1.54) is 25.7 Å². The molecule has 2 atom stereocenters. The summed E-state index contributed by atoms with van der Waals surface area (Å²) in [5.74, 6) is -1.53. The summed E-state index contributed by atoms with van der Waals surface area (Å²) in [6.45, 7) is 4.49. The molecule has 0 bridgehead atoms. The molecule has 40 heavy (non-hydrogen) atoms. The highest BCUT2D eigenvalue weighted by Gasteiger charge is 2.31. The maximum Gasteiger partial charge on any atom is 0.362 e. The Balaban J connectivity index is 4.59. The van der Waals surface area contributed by atoms with Crippen LogP contribution in [0.1, 0.15) is 110 Å². The normalized spacial score (nSPS) is 13.5. The maximum atomic E-state index is 12.5. The monoisotopic (exact) mass is 568 g/mol. The Morgan fingerprint density at radius 3 is 2.05 bits per heavy atom. The number of rotatable bonds is 26. The van der Waals surface area contributed by atoms with E-state index in [2.05, 4.69) is 38.2 Å². The Labute approximate surface area is 243 Å². The minimum atomic E-state index is -0.884. The summed E-state index contributed by atoms with van der Waals surface area (Å²) < 4.78 is 17.0. The van der Waals surface area contributed by atoms with E-state index in [0.29, 0.717) is 19.3 Å². The van der Waals surface area contributed by atoms with Crippen LogP contribution in [-0.4, -0.2) is 80.6 Å². The van der Waals surface area contributed by atoms with Crippen LogP contribution in [0.3, 0.4) is 0 Å². The van der Waals surface area contributed by atoms with Crippen molar-refractivity contribution in [3.63, 3.8) is 0 Å². The number of carbonyl (C=O) groups is 3. The van der Waals surface area contributed by atoms with Crippen LogP contribution in [-0.2, 0) is 28.6 Å². The molecule has 0 aliphatic rings. The van der Waals surface area contributed by atoms with E-state index in [4.69, 9.17) is 14.2 Å². The third-order valence-electron chi connectivity index (χ3n) is 6.62. The van der Waals surface area contributed by atoms with Gasteiger partial charge < -0.3 is 23.8 Å². The number of aliphatic carboxylic acids is 1. The predicted octanol–water partition coefficient (Wildman–Crippen LogP) is 6.62. The zero-order valence-corrected chi connectivity index (χ0v) is 26.0. The molecule has 0 heterocycles. The first-order valence-corrected chi connectivity index (χ1v) is 15.4. The van der Waals surface area contributed by atoms with Crippen LogP contribution in [0.4, 0.5) is 0 Å². The zero-order valence-electron chi connectivity index (χ0n) is 26.0. The minimum Gasteiger partial charge on any atom is -0.477 e. The van der Waals surface area contributed by atoms with Crippen molar-refractivity contribution in [1.82, 2.24) is 0 Å². The van der Waals surface area contributed by atoms with Gasteiger partial charge in [0.2, 0.25) is 0 Å². The minimum absolute atomic E-state index is 0.0495. The van der Waals surface area contributed by atoms with Crippen molar-refractivity contribution < 1.29 is 38.2 Å². The number of carbonyl (C=O) groups excluding carboxylic acids is 2. The molecule has 0 aromatic heterocycles. The summed E-state index contributed by atoms with van der Waals surface area (Å²) in [5.41, 5.74) is 0. The van der Waals surface area contributed by atoms with Crippen LogP contribution in [0.5, 0.6) is 0 Å². The number of carboxylic acid groups (broad SMARTS) is 1. The predicted molar refractivity (Wildman–Crippen MR) is 160 cm³/mol. The number of esters is 2. The molecule has 0 spiro atoms. The van der Waals surface area contributed by atoms with Gasteiger partial charge in [0.05, 0.1) is 34.4 Å². The van der Waals surface area contributed by atoms with Gasteiger partial charge in [-0.25, -0.2) is 4.79 Å². The van der Waals surface area contributed by atoms with E-state index >= 15 is 0 Å². The summed E-state index contributed by atoms with van der Waals surface area (Å²) in [5, 5.41) is 9.50. The fourth-order valence-corrected chi connectivity index (χ4v) is 4.18. The molecular weight excluding hydrogens is 510 g/mol. The maximum absolute atomic E-state index is 12.5. The van der Waals surface area contributed by atoms with Gasteiger partial charge in [-0.2, -0.15) is 0 Å². The van der Waals surface area contributed by atoms with Crippen molar-refractivity contribution in [1.29, 1.82) is 0 Å². The molecule has 8 nitrogen and oxygen atoms in total. The highest BCUT2D eigenvalue weighted by molar-refractivity contribution is 5.72. The summed E-state index contributed by atoms with van der Waals surface area (Å²) in [4.78, 5) is 36.3. The molecule has 8 heteroatoms. The first kappa shape index (κ1) is 37.8. The standard InChI is InChI=1S/C32H57NO7/c1-6-8-10-12-14-15-17-19-21-23-31(35)40-28(26-38-25-24-29(32(36)37)33(3,4)5)27-39-30(34)22-20-18-16-13-11-9-7-2/h8,10,14-15,28-29H,6-7,9,11-13,16-27H2,1-5H3/p+1/b10-8+,15-14+. The third-order valence-corrected chi connectivity index (χ3v) is 6.62. The number of carboxylic acids is 1. The van der Waals surface area contributed by atoms with Crippen molar-refractivity contribution in [2.75, 3.05) is 41.0 Å². The van der Waals surface area contributed by atoms with Gasteiger partial charge in [-0.1, -0.05) is 76.7 Å². The summed E-state index contributed by atoms with van der Waals surface area (Å²) in [6, 6.07) is -0.613. The van der Waals surface area contributed by atoms with Gasteiger partial charge in [0.1, 0.15) is 6.61 Å². The lowest BCUT2D eigenvalue weighted by Crippen LogP contribution is -2.50. The van der Waals surface area contributed by atoms with Crippen molar-refractivity contribution in [3.05, 3.63) is 24.3 Å². The molecular formula is C32H58NO7+. The number of hydrogen-bond donors (Lipinski definition) is 1. The van der Waals surface area contributed by atoms with Gasteiger partial charge in [-0.05, 0) is 38.5 Å². The molecule has 0 amide bonds. The van der Waals surface area contributed by atoms with Crippen LogP contribution in [0.25, 0.3) is 0 Å². The Hall–Kier alpha value is -2.19. The SMILES string of the molecule is CC/C=C/C/C=C/CCCCC(=O)OC(COCCC(C(=O)O)[N+](C)(C)C)COC(=O)CCCCCCCCC. The van der Waals surface area contributed by atoms with Crippen molar-refractivity contribution >= 4 is 17.9 Å². The van der Waals surface area contributed by atoms with E-state index in [9.17, 15) is 19.5 Å². The number of nitrogens with zero attached hydrogens (tertiary/aromatic N) is 1. The van der Waals surface area contributed by atoms with Crippen LogP contribution >= 0.6 is 0 Å². The molecule has 0 saturated heterocycles. The van der Waals surface area contributed by atoms with Crippen LogP contribution in [0.2, 0.25) is 0 Å². The molecule has 0 rings (SSSR count). The summed E-state index contributed by atoms with van der Waals surface area (Å²) in [7, 11) is 5.48. The molecule has 0 aliphatic carbocycles. The average Bonchev–Trinajstić information content (AvgIpc) is 2.89. The van der Waals surface area contributed by atoms with Gasteiger partial charge in [0.25, 0.3) is 0 Å². The molecule has 0 aromatic rings. The Kier molecular flexibility index (Phi) is 23.2. The summed E-state index contributed by atoms with van der Waals surface area (Å²) in [6.07, 6.45) is 21.1.